The van der Waals surface area contributed by atoms with Crippen molar-refractivity contribution in [3.05, 3.63) is 77.9 Å². The molecule has 2 N–H and O–H groups in total. The lowest BCUT2D eigenvalue weighted by Gasteiger charge is -2.13. The first-order valence-electron chi connectivity index (χ1n) is 11.2. The summed E-state index contributed by atoms with van der Waals surface area (Å²) in [7, 11) is 7.09. The Bertz CT molecular complexity index is 1150. The fraction of sp³-hybridized carbons (Fsp3) is 0.259. The summed E-state index contributed by atoms with van der Waals surface area (Å²) in [4.78, 5) is 27.2. The van der Waals surface area contributed by atoms with Crippen LogP contribution >= 0.6 is 0 Å². The number of amides is 2. The predicted molar refractivity (Wildman–Crippen MR) is 137 cm³/mol. The molecule has 0 aliphatic heterocycles. The number of hydrogen-bond donors (Lipinski definition) is 2. The third kappa shape index (κ3) is 7.48. The predicted octanol–water partition coefficient (Wildman–Crippen LogP) is 4.08. The molecule has 0 bridgehead atoms. The minimum atomic E-state index is -0.354. The van der Waals surface area contributed by atoms with Gasteiger partial charge in [-0.05, 0) is 68.5 Å². The molecule has 0 saturated carbocycles. The number of para-hydroxylation sites is 2. The molecule has 0 unspecified atom stereocenters. The molecule has 0 aliphatic rings. The Morgan fingerprint density at radius 1 is 0.829 bits per heavy atom. The van der Waals surface area contributed by atoms with Crippen molar-refractivity contribution in [3.8, 4) is 17.2 Å². The van der Waals surface area contributed by atoms with Gasteiger partial charge < -0.3 is 29.7 Å². The summed E-state index contributed by atoms with van der Waals surface area (Å²) in [6, 6.07) is 19.7. The lowest BCUT2D eigenvalue weighted by molar-refractivity contribution is -0.118. The molecule has 35 heavy (non-hydrogen) atoms. The molecule has 3 aromatic carbocycles. The quantitative estimate of drug-likeness (QED) is 0.433. The smallest absolute Gasteiger partial charge is 0.262 e. The van der Waals surface area contributed by atoms with Gasteiger partial charge in [-0.1, -0.05) is 24.3 Å². The average molecular weight is 478 g/mol. The lowest BCUT2D eigenvalue weighted by atomic mass is 10.1. The van der Waals surface area contributed by atoms with E-state index in [2.05, 4.69) is 15.5 Å². The molecule has 0 fully saturated rings. The minimum absolute atomic E-state index is 0.236. The van der Waals surface area contributed by atoms with Crippen molar-refractivity contribution in [3.63, 3.8) is 0 Å². The SMILES string of the molecule is COc1ccccc1NC(=O)COc1ccc(C(=O)Nc2ccc(CCN(C)C)cc2)cc1OC. The number of carbonyl (C=O) groups excluding carboxylic acids is 2. The van der Waals surface area contributed by atoms with Gasteiger partial charge in [-0.25, -0.2) is 0 Å². The Balaban J connectivity index is 1.59. The number of carbonyl (C=O) groups is 2. The number of hydrogen-bond acceptors (Lipinski definition) is 6. The van der Waals surface area contributed by atoms with Gasteiger partial charge in [-0.3, -0.25) is 9.59 Å². The molecule has 0 radical (unpaired) electrons. The number of nitrogens with zero attached hydrogens (tertiary/aromatic N) is 1. The summed E-state index contributed by atoms with van der Waals surface area (Å²) < 4.78 is 16.2. The fourth-order valence-corrected chi connectivity index (χ4v) is 3.32. The third-order valence-corrected chi connectivity index (χ3v) is 5.23. The van der Waals surface area contributed by atoms with E-state index in [-0.39, 0.29) is 18.4 Å². The van der Waals surface area contributed by atoms with Gasteiger partial charge in [0.15, 0.2) is 18.1 Å². The zero-order valence-corrected chi connectivity index (χ0v) is 20.5. The summed E-state index contributed by atoms with van der Waals surface area (Å²) in [5, 5.41) is 5.63. The molecule has 0 heterocycles. The molecule has 8 heteroatoms. The highest BCUT2D eigenvalue weighted by atomic mass is 16.5. The molecule has 0 aliphatic carbocycles. The molecule has 8 nitrogen and oxygen atoms in total. The second-order valence-corrected chi connectivity index (χ2v) is 8.11. The molecule has 3 rings (SSSR count). The van der Waals surface area contributed by atoms with E-state index >= 15 is 0 Å². The minimum Gasteiger partial charge on any atom is -0.495 e. The van der Waals surface area contributed by atoms with E-state index in [9.17, 15) is 9.59 Å². The number of methoxy groups -OCH3 is 2. The molecule has 184 valence electrons. The monoisotopic (exact) mass is 477 g/mol. The largest absolute Gasteiger partial charge is 0.495 e. The summed E-state index contributed by atoms with van der Waals surface area (Å²) in [6.07, 6.45) is 0.941. The van der Waals surface area contributed by atoms with Gasteiger partial charge in [0.2, 0.25) is 0 Å². The van der Waals surface area contributed by atoms with Gasteiger partial charge >= 0.3 is 0 Å². The molecule has 2 amide bonds. The Kier molecular flexibility index (Phi) is 9.09. The van der Waals surface area contributed by atoms with Crippen LogP contribution in [0.15, 0.2) is 66.7 Å². The van der Waals surface area contributed by atoms with E-state index in [0.717, 1.165) is 13.0 Å². The van der Waals surface area contributed by atoms with Crippen LogP contribution in [0.1, 0.15) is 15.9 Å². The van der Waals surface area contributed by atoms with E-state index < -0.39 is 0 Å². The topological polar surface area (TPSA) is 89.1 Å². The number of anilines is 2. The van der Waals surface area contributed by atoms with Crippen LogP contribution in [0.4, 0.5) is 11.4 Å². The van der Waals surface area contributed by atoms with E-state index in [1.54, 1.807) is 36.4 Å². The van der Waals surface area contributed by atoms with Crippen LogP contribution in [-0.4, -0.2) is 58.2 Å². The van der Waals surface area contributed by atoms with Crippen molar-refractivity contribution in [1.82, 2.24) is 4.90 Å². The van der Waals surface area contributed by atoms with Gasteiger partial charge in [0, 0.05) is 17.8 Å². The van der Waals surface area contributed by atoms with Gasteiger partial charge in [-0.15, -0.1) is 0 Å². The van der Waals surface area contributed by atoms with E-state index in [1.807, 2.05) is 44.4 Å². The maximum Gasteiger partial charge on any atom is 0.262 e. The first-order valence-corrected chi connectivity index (χ1v) is 11.2. The number of benzene rings is 3. The standard InChI is InChI=1S/C27H31N3O5/c1-30(2)16-15-19-9-12-21(13-10-19)28-27(32)20-11-14-24(25(17-20)34-4)35-18-26(31)29-22-7-5-6-8-23(22)33-3/h5-14,17H,15-16,18H2,1-4H3,(H,28,32)(H,29,31). The summed E-state index contributed by atoms with van der Waals surface area (Å²) in [6.45, 7) is 0.724. The number of likely N-dealkylation sites (N-methyl/N-ethyl adjacent to an activating group) is 1. The number of ether oxygens (including phenoxy) is 3. The van der Waals surface area contributed by atoms with E-state index in [0.29, 0.717) is 34.2 Å². The zero-order chi connectivity index (χ0) is 25.2. The van der Waals surface area contributed by atoms with Crippen LogP contribution in [0.5, 0.6) is 17.2 Å². The van der Waals surface area contributed by atoms with Crippen molar-refractivity contribution in [2.45, 2.75) is 6.42 Å². The maximum absolute atomic E-state index is 12.7. The molecule has 0 aromatic heterocycles. The number of nitrogens with one attached hydrogen (secondary N) is 2. The Hall–Kier alpha value is -4.04. The van der Waals surface area contributed by atoms with Crippen LogP contribution in [-0.2, 0) is 11.2 Å². The fourth-order valence-electron chi connectivity index (χ4n) is 3.32. The van der Waals surface area contributed by atoms with Crippen molar-refractivity contribution < 1.29 is 23.8 Å². The first-order chi connectivity index (χ1) is 16.9. The average Bonchev–Trinajstić information content (AvgIpc) is 2.87. The highest BCUT2D eigenvalue weighted by Gasteiger charge is 2.14. The van der Waals surface area contributed by atoms with Gasteiger partial charge in [0.1, 0.15) is 5.75 Å². The van der Waals surface area contributed by atoms with Gasteiger partial charge in [-0.2, -0.15) is 0 Å². The second-order valence-electron chi connectivity index (χ2n) is 8.11. The zero-order valence-electron chi connectivity index (χ0n) is 20.5. The van der Waals surface area contributed by atoms with Crippen LogP contribution in [0, 0.1) is 0 Å². The van der Waals surface area contributed by atoms with Gasteiger partial charge in [0.05, 0.1) is 19.9 Å². The van der Waals surface area contributed by atoms with E-state index in [1.165, 1.54) is 19.8 Å². The van der Waals surface area contributed by atoms with Crippen molar-refractivity contribution in [2.24, 2.45) is 0 Å². The van der Waals surface area contributed by atoms with Gasteiger partial charge in [0.25, 0.3) is 11.8 Å². The van der Waals surface area contributed by atoms with Crippen LogP contribution in [0.2, 0.25) is 0 Å². The van der Waals surface area contributed by atoms with Crippen molar-refractivity contribution in [2.75, 3.05) is 52.1 Å². The van der Waals surface area contributed by atoms with Crippen molar-refractivity contribution in [1.29, 1.82) is 0 Å². The highest BCUT2D eigenvalue weighted by Crippen LogP contribution is 2.29. The molecular formula is C27H31N3O5. The van der Waals surface area contributed by atoms with Crippen LogP contribution in [0.25, 0.3) is 0 Å². The van der Waals surface area contributed by atoms with Crippen molar-refractivity contribution >= 4 is 23.2 Å². The summed E-state index contributed by atoms with van der Waals surface area (Å²) in [5.41, 5.74) is 2.86. The summed E-state index contributed by atoms with van der Waals surface area (Å²) in [5.74, 6) is 0.625. The second kappa shape index (κ2) is 12.4. The molecule has 0 spiro atoms. The summed E-state index contributed by atoms with van der Waals surface area (Å²) >= 11 is 0. The van der Waals surface area contributed by atoms with Crippen LogP contribution < -0.4 is 24.8 Å². The Labute approximate surface area is 205 Å². The third-order valence-electron chi connectivity index (χ3n) is 5.23. The highest BCUT2D eigenvalue weighted by molar-refractivity contribution is 6.04. The maximum atomic E-state index is 12.7. The Morgan fingerprint density at radius 3 is 2.23 bits per heavy atom. The number of rotatable bonds is 11. The Morgan fingerprint density at radius 2 is 1.54 bits per heavy atom. The first kappa shape index (κ1) is 25.6. The molecule has 3 aromatic rings. The molecule has 0 saturated heterocycles. The van der Waals surface area contributed by atoms with E-state index in [4.69, 9.17) is 14.2 Å². The molecule has 0 atom stereocenters. The molecular weight excluding hydrogens is 446 g/mol. The van der Waals surface area contributed by atoms with Crippen LogP contribution in [0.3, 0.4) is 0 Å². The normalized spacial score (nSPS) is 10.5. The lowest BCUT2D eigenvalue weighted by Crippen LogP contribution is -2.20.